The van der Waals surface area contributed by atoms with Gasteiger partial charge in [0, 0.05) is 31.3 Å². The third-order valence-corrected chi connectivity index (χ3v) is 3.78. The van der Waals surface area contributed by atoms with Gasteiger partial charge in [0.25, 0.3) is 5.56 Å². The average Bonchev–Trinajstić information content (AvgIpc) is 2.51. The Bertz CT molecular complexity index is 849. The number of rotatable bonds is 3. The number of alkyl halides is 3. The van der Waals surface area contributed by atoms with Crippen molar-refractivity contribution in [1.82, 2.24) is 14.8 Å². The number of anilines is 1. The molecule has 0 aliphatic carbocycles. The lowest BCUT2D eigenvalue weighted by Crippen LogP contribution is -2.50. The van der Waals surface area contributed by atoms with Crippen LogP contribution in [0.3, 0.4) is 0 Å². The van der Waals surface area contributed by atoms with Gasteiger partial charge in [0.05, 0.1) is 12.2 Å². The summed E-state index contributed by atoms with van der Waals surface area (Å²) in [4.78, 5) is 17.6. The Morgan fingerprint density at radius 2 is 2.04 bits per heavy atom. The highest BCUT2D eigenvalue weighted by atomic mass is 19.4. The summed E-state index contributed by atoms with van der Waals surface area (Å²) in [6.45, 7) is 1.14. The lowest BCUT2D eigenvalue weighted by Gasteiger charge is -2.41. The minimum absolute atomic E-state index is 0.0227. The summed E-state index contributed by atoms with van der Waals surface area (Å²) in [7, 11) is 0. The molecule has 3 heterocycles. The molecule has 1 fully saturated rings. The summed E-state index contributed by atoms with van der Waals surface area (Å²) in [6, 6.07) is 7.03. The van der Waals surface area contributed by atoms with E-state index >= 15 is 0 Å². The predicted molar refractivity (Wildman–Crippen MR) is 78.2 cm³/mol. The third kappa shape index (κ3) is 3.08. The zero-order valence-electron chi connectivity index (χ0n) is 12.4. The summed E-state index contributed by atoms with van der Waals surface area (Å²) >= 11 is 0. The number of nitriles is 1. The van der Waals surface area contributed by atoms with Gasteiger partial charge >= 0.3 is 6.18 Å². The molecule has 9 heteroatoms. The average molecular weight is 335 g/mol. The molecule has 1 aliphatic rings. The van der Waals surface area contributed by atoms with Crippen LogP contribution in [-0.4, -0.2) is 27.9 Å². The van der Waals surface area contributed by atoms with Crippen molar-refractivity contribution in [3.63, 3.8) is 0 Å². The second-order valence-electron chi connectivity index (χ2n) is 5.49. The minimum atomic E-state index is -4.58. The number of pyridine rings is 1. The molecule has 24 heavy (non-hydrogen) atoms. The van der Waals surface area contributed by atoms with Crippen LogP contribution >= 0.6 is 0 Å². The molecular weight excluding hydrogens is 323 g/mol. The van der Waals surface area contributed by atoms with E-state index in [4.69, 9.17) is 5.26 Å². The van der Waals surface area contributed by atoms with Crippen molar-refractivity contribution in [2.24, 2.45) is 5.92 Å². The fourth-order valence-electron chi connectivity index (χ4n) is 2.60. The molecule has 0 bridgehead atoms. The Hall–Kier alpha value is -2.89. The first-order chi connectivity index (χ1) is 11.4. The monoisotopic (exact) mass is 335 g/mol. The van der Waals surface area contributed by atoms with Crippen molar-refractivity contribution in [3.05, 3.63) is 52.2 Å². The van der Waals surface area contributed by atoms with Gasteiger partial charge in [0.15, 0.2) is 11.4 Å². The first-order valence-corrected chi connectivity index (χ1v) is 7.14. The summed E-state index contributed by atoms with van der Waals surface area (Å²) in [5, 5.41) is 12.4. The lowest BCUT2D eigenvalue weighted by molar-refractivity contribution is -0.142. The van der Waals surface area contributed by atoms with Gasteiger partial charge in [-0.25, -0.2) is 9.67 Å². The van der Waals surface area contributed by atoms with E-state index in [9.17, 15) is 18.0 Å². The summed E-state index contributed by atoms with van der Waals surface area (Å²) in [6.07, 6.45) is -3.07. The quantitative estimate of drug-likeness (QED) is 0.853. The highest BCUT2D eigenvalue weighted by Gasteiger charge is 2.34. The molecule has 6 nitrogen and oxygen atoms in total. The molecule has 0 N–H and O–H groups in total. The van der Waals surface area contributed by atoms with Crippen molar-refractivity contribution in [3.8, 4) is 6.07 Å². The number of hydrogen-bond donors (Lipinski definition) is 0. The largest absolute Gasteiger partial charge is 0.435 e. The van der Waals surface area contributed by atoms with Gasteiger partial charge in [0.2, 0.25) is 0 Å². The van der Waals surface area contributed by atoms with Gasteiger partial charge in [-0.05, 0) is 18.2 Å². The predicted octanol–water partition coefficient (Wildman–Crippen LogP) is 1.67. The number of nitrogens with zero attached hydrogens (tertiary/aromatic N) is 5. The van der Waals surface area contributed by atoms with Crippen molar-refractivity contribution in [2.75, 3.05) is 18.0 Å². The summed E-state index contributed by atoms with van der Waals surface area (Å²) < 4.78 is 38.9. The maximum absolute atomic E-state index is 12.7. The van der Waals surface area contributed by atoms with Crippen LogP contribution in [0.4, 0.5) is 18.9 Å². The van der Waals surface area contributed by atoms with E-state index in [1.807, 2.05) is 11.0 Å². The van der Waals surface area contributed by atoms with Crippen LogP contribution < -0.4 is 10.5 Å². The molecule has 3 rings (SSSR count). The van der Waals surface area contributed by atoms with E-state index in [2.05, 4.69) is 10.1 Å². The Labute approximate surface area is 134 Å². The standard InChI is InChI=1S/C15H12F3N5O/c16-15(17,18)13-3-4-14(24)23(21-13)9-10-7-22(8-10)12-2-1-5-20-11(12)6-19/h1-5,10H,7-9H2. The van der Waals surface area contributed by atoms with E-state index in [0.717, 1.165) is 10.7 Å². The molecular formula is C15H12F3N5O. The van der Waals surface area contributed by atoms with Gasteiger partial charge in [-0.15, -0.1) is 0 Å². The van der Waals surface area contributed by atoms with E-state index < -0.39 is 17.4 Å². The van der Waals surface area contributed by atoms with Crippen LogP contribution in [-0.2, 0) is 12.7 Å². The molecule has 0 aromatic carbocycles. The van der Waals surface area contributed by atoms with Gasteiger partial charge < -0.3 is 4.90 Å². The molecule has 0 atom stereocenters. The van der Waals surface area contributed by atoms with Crippen LogP contribution in [0.15, 0.2) is 35.3 Å². The van der Waals surface area contributed by atoms with Gasteiger partial charge in [-0.3, -0.25) is 4.79 Å². The SMILES string of the molecule is N#Cc1ncccc1N1CC(Cn2nc(C(F)(F)F)ccc2=O)C1. The zero-order valence-corrected chi connectivity index (χ0v) is 12.4. The van der Waals surface area contributed by atoms with Crippen molar-refractivity contribution < 1.29 is 13.2 Å². The van der Waals surface area contributed by atoms with Gasteiger partial charge in [0.1, 0.15) is 6.07 Å². The number of hydrogen-bond acceptors (Lipinski definition) is 5. The van der Waals surface area contributed by atoms with Crippen molar-refractivity contribution in [2.45, 2.75) is 12.7 Å². The highest BCUT2D eigenvalue weighted by molar-refractivity contribution is 5.57. The van der Waals surface area contributed by atoms with Crippen LogP contribution in [0, 0.1) is 17.2 Å². The van der Waals surface area contributed by atoms with E-state index in [0.29, 0.717) is 30.5 Å². The molecule has 0 spiro atoms. The molecule has 1 aliphatic heterocycles. The van der Waals surface area contributed by atoms with Crippen molar-refractivity contribution in [1.29, 1.82) is 5.26 Å². The lowest BCUT2D eigenvalue weighted by atomic mass is 9.99. The molecule has 2 aromatic heterocycles. The first-order valence-electron chi connectivity index (χ1n) is 7.14. The van der Waals surface area contributed by atoms with Crippen molar-refractivity contribution >= 4 is 5.69 Å². The molecule has 0 saturated carbocycles. The van der Waals surface area contributed by atoms with Crippen LogP contribution in [0.25, 0.3) is 0 Å². The topological polar surface area (TPSA) is 74.8 Å². The maximum atomic E-state index is 12.7. The second kappa shape index (κ2) is 5.96. The fraction of sp³-hybridized carbons (Fsp3) is 0.333. The van der Waals surface area contributed by atoms with Crippen LogP contribution in [0.1, 0.15) is 11.4 Å². The Morgan fingerprint density at radius 1 is 1.29 bits per heavy atom. The normalized spacial score (nSPS) is 15.0. The Kier molecular flexibility index (Phi) is 3.97. The fourth-order valence-corrected chi connectivity index (χ4v) is 2.60. The molecule has 0 radical (unpaired) electrons. The second-order valence-corrected chi connectivity index (χ2v) is 5.49. The molecule has 0 amide bonds. The number of halogens is 3. The van der Waals surface area contributed by atoms with E-state index in [1.54, 1.807) is 12.1 Å². The molecule has 2 aromatic rings. The maximum Gasteiger partial charge on any atom is 0.435 e. The van der Waals surface area contributed by atoms with E-state index in [1.165, 1.54) is 6.20 Å². The third-order valence-electron chi connectivity index (χ3n) is 3.78. The zero-order chi connectivity index (χ0) is 17.3. The van der Waals surface area contributed by atoms with Crippen LogP contribution in [0.5, 0.6) is 0 Å². The van der Waals surface area contributed by atoms with Crippen LogP contribution in [0.2, 0.25) is 0 Å². The summed E-state index contributed by atoms with van der Waals surface area (Å²) in [5.41, 5.74) is -0.677. The summed E-state index contributed by atoms with van der Waals surface area (Å²) in [5.74, 6) is -0.0227. The Morgan fingerprint density at radius 3 is 2.71 bits per heavy atom. The van der Waals surface area contributed by atoms with E-state index in [-0.39, 0.29) is 12.5 Å². The molecule has 124 valence electrons. The first kappa shape index (κ1) is 16.0. The molecule has 1 saturated heterocycles. The smallest absolute Gasteiger partial charge is 0.368 e. The number of aromatic nitrogens is 3. The minimum Gasteiger partial charge on any atom is -0.368 e. The highest BCUT2D eigenvalue weighted by Crippen LogP contribution is 2.28. The molecule has 0 unspecified atom stereocenters. The van der Waals surface area contributed by atoms with Gasteiger partial charge in [-0.2, -0.15) is 23.5 Å². The Balaban J connectivity index is 1.70. The van der Waals surface area contributed by atoms with Gasteiger partial charge in [-0.1, -0.05) is 0 Å².